The lowest BCUT2D eigenvalue weighted by atomic mass is 9.88. The minimum atomic E-state index is -0.133. The molecule has 0 aromatic heterocycles. The highest BCUT2D eigenvalue weighted by molar-refractivity contribution is 7.98. The molecule has 0 aliphatic heterocycles. The molecule has 0 fully saturated rings. The van der Waals surface area contributed by atoms with Crippen LogP contribution in [0.5, 0.6) is 5.75 Å². The molecule has 108 valence electrons. The predicted molar refractivity (Wildman–Crippen MR) is 87.2 cm³/mol. The molecule has 1 nitrogen and oxygen atoms in total. The van der Waals surface area contributed by atoms with Crippen molar-refractivity contribution in [1.29, 1.82) is 0 Å². The average molecular weight is 280 g/mol. The number of benzene rings is 1. The Morgan fingerprint density at radius 2 is 1.53 bits per heavy atom. The molecule has 1 unspecified atom stereocenters. The first kappa shape index (κ1) is 16.4. The molecule has 1 rings (SSSR count). The molecular formula is C17H28OS. The Bertz CT molecular complexity index is 381. The van der Waals surface area contributed by atoms with Crippen molar-refractivity contribution in [1.82, 2.24) is 0 Å². The maximum absolute atomic E-state index is 5.86. The Balaban J connectivity index is 2.79. The summed E-state index contributed by atoms with van der Waals surface area (Å²) in [7, 11) is 0. The molecule has 0 N–H and O–H groups in total. The summed E-state index contributed by atoms with van der Waals surface area (Å²) in [4.78, 5) is 0. The van der Waals surface area contributed by atoms with Crippen molar-refractivity contribution in [2.75, 3.05) is 6.26 Å². The third-order valence-corrected chi connectivity index (χ3v) is 3.77. The van der Waals surface area contributed by atoms with Crippen LogP contribution in [0.3, 0.4) is 0 Å². The predicted octanol–water partition coefficient (Wildman–Crippen LogP) is 5.70. The van der Waals surface area contributed by atoms with E-state index in [4.69, 9.17) is 4.74 Å². The van der Waals surface area contributed by atoms with E-state index in [-0.39, 0.29) is 5.60 Å². The Labute approximate surface area is 123 Å². The number of thioether (sulfide) groups is 1. The van der Waals surface area contributed by atoms with E-state index in [2.05, 4.69) is 72.1 Å². The topological polar surface area (TPSA) is 9.23 Å². The van der Waals surface area contributed by atoms with Gasteiger partial charge in [0.25, 0.3) is 0 Å². The number of rotatable bonds is 4. The van der Waals surface area contributed by atoms with Crippen LogP contribution >= 0.6 is 11.8 Å². The fourth-order valence-electron chi connectivity index (χ4n) is 2.00. The fraction of sp³-hybridized carbons (Fsp3) is 0.647. The first-order valence-electron chi connectivity index (χ1n) is 6.92. The molecule has 0 aliphatic rings. The number of hydrogen-bond acceptors (Lipinski definition) is 2. The third-order valence-electron chi connectivity index (χ3n) is 2.76. The molecule has 0 aliphatic carbocycles. The van der Waals surface area contributed by atoms with Gasteiger partial charge < -0.3 is 4.74 Å². The van der Waals surface area contributed by atoms with Gasteiger partial charge in [-0.1, -0.05) is 32.9 Å². The Morgan fingerprint density at radius 3 is 1.89 bits per heavy atom. The summed E-state index contributed by atoms with van der Waals surface area (Å²) >= 11 is 1.93. The normalized spacial score (nSPS) is 14.3. The molecular weight excluding hydrogens is 252 g/mol. The van der Waals surface area contributed by atoms with Gasteiger partial charge >= 0.3 is 0 Å². The molecule has 0 bridgehead atoms. The monoisotopic (exact) mass is 280 g/mol. The van der Waals surface area contributed by atoms with Crippen LogP contribution in [0, 0.1) is 5.41 Å². The van der Waals surface area contributed by atoms with Gasteiger partial charge in [0, 0.05) is 5.25 Å². The first-order valence-corrected chi connectivity index (χ1v) is 8.21. The smallest absolute Gasteiger partial charge is 0.120 e. The molecule has 1 aromatic carbocycles. The van der Waals surface area contributed by atoms with Crippen molar-refractivity contribution < 1.29 is 4.74 Å². The van der Waals surface area contributed by atoms with E-state index in [1.165, 1.54) is 12.0 Å². The quantitative estimate of drug-likeness (QED) is 0.699. The van der Waals surface area contributed by atoms with Crippen LogP contribution in [-0.2, 0) is 0 Å². The number of ether oxygens (including phenoxy) is 1. The molecule has 0 radical (unpaired) electrons. The Morgan fingerprint density at radius 1 is 1.00 bits per heavy atom. The molecule has 1 aromatic rings. The highest BCUT2D eigenvalue weighted by atomic mass is 32.2. The van der Waals surface area contributed by atoms with Crippen LogP contribution in [-0.4, -0.2) is 11.9 Å². The van der Waals surface area contributed by atoms with Crippen molar-refractivity contribution in [2.24, 2.45) is 5.41 Å². The zero-order valence-electron chi connectivity index (χ0n) is 13.4. The maximum atomic E-state index is 5.86. The van der Waals surface area contributed by atoms with Gasteiger partial charge in [-0.3, -0.25) is 0 Å². The second-order valence-electron chi connectivity index (χ2n) is 7.27. The van der Waals surface area contributed by atoms with Crippen molar-refractivity contribution in [3.8, 4) is 5.75 Å². The van der Waals surface area contributed by atoms with E-state index in [9.17, 15) is 0 Å². The Kier molecular flexibility index (Phi) is 5.37. The average Bonchev–Trinajstić information content (AvgIpc) is 2.23. The van der Waals surface area contributed by atoms with Gasteiger partial charge in [0.1, 0.15) is 11.4 Å². The van der Waals surface area contributed by atoms with Gasteiger partial charge in [-0.25, -0.2) is 0 Å². The molecule has 0 amide bonds. The van der Waals surface area contributed by atoms with Crippen molar-refractivity contribution in [3.63, 3.8) is 0 Å². The van der Waals surface area contributed by atoms with Gasteiger partial charge in [-0.15, -0.1) is 0 Å². The second-order valence-corrected chi connectivity index (χ2v) is 8.31. The highest BCUT2D eigenvalue weighted by Gasteiger charge is 2.19. The standard InChI is InChI=1S/C17H28OS/c1-16(2,3)12-15(19-7)13-8-10-14(11-9-13)18-17(4,5)6/h8-11,15H,12H2,1-7H3. The number of hydrogen-bond donors (Lipinski definition) is 0. The molecule has 19 heavy (non-hydrogen) atoms. The molecule has 0 saturated heterocycles. The van der Waals surface area contributed by atoms with Crippen molar-refractivity contribution in [3.05, 3.63) is 29.8 Å². The summed E-state index contributed by atoms with van der Waals surface area (Å²) in [6.45, 7) is 13.1. The highest BCUT2D eigenvalue weighted by Crippen LogP contribution is 2.38. The van der Waals surface area contributed by atoms with Gasteiger partial charge in [-0.05, 0) is 56.6 Å². The summed E-state index contributed by atoms with van der Waals surface area (Å²) in [6, 6.07) is 8.58. The minimum absolute atomic E-state index is 0.133. The molecule has 0 saturated carbocycles. The van der Waals surface area contributed by atoms with E-state index in [1.54, 1.807) is 0 Å². The van der Waals surface area contributed by atoms with Crippen LogP contribution < -0.4 is 4.74 Å². The van der Waals surface area contributed by atoms with Gasteiger partial charge in [0.15, 0.2) is 0 Å². The SMILES string of the molecule is CSC(CC(C)(C)C)c1ccc(OC(C)(C)C)cc1. The van der Waals surface area contributed by atoms with Gasteiger partial charge in [0.05, 0.1) is 0 Å². The third kappa shape index (κ3) is 6.38. The molecule has 2 heteroatoms. The summed E-state index contributed by atoms with van der Waals surface area (Å²) in [5.74, 6) is 0.951. The summed E-state index contributed by atoms with van der Waals surface area (Å²) in [5, 5.41) is 0.559. The summed E-state index contributed by atoms with van der Waals surface area (Å²) in [5.41, 5.74) is 1.61. The maximum Gasteiger partial charge on any atom is 0.120 e. The van der Waals surface area contributed by atoms with Gasteiger partial charge in [-0.2, -0.15) is 11.8 Å². The molecule has 0 spiro atoms. The first-order chi connectivity index (χ1) is 8.61. The summed E-state index contributed by atoms with van der Waals surface area (Å²) in [6.07, 6.45) is 3.38. The lowest BCUT2D eigenvalue weighted by Gasteiger charge is -2.26. The molecule has 0 heterocycles. The zero-order chi connectivity index (χ0) is 14.7. The van der Waals surface area contributed by atoms with Crippen molar-refractivity contribution in [2.45, 2.75) is 58.8 Å². The van der Waals surface area contributed by atoms with Crippen LogP contribution in [0.4, 0.5) is 0 Å². The van der Waals surface area contributed by atoms with Crippen LogP contribution in [0.2, 0.25) is 0 Å². The second kappa shape index (κ2) is 6.21. The van der Waals surface area contributed by atoms with E-state index in [1.807, 2.05) is 11.8 Å². The summed E-state index contributed by atoms with van der Waals surface area (Å²) < 4.78 is 5.86. The van der Waals surface area contributed by atoms with E-state index in [0.29, 0.717) is 10.7 Å². The van der Waals surface area contributed by atoms with Crippen molar-refractivity contribution >= 4 is 11.8 Å². The molecule has 1 atom stereocenters. The van der Waals surface area contributed by atoms with Crippen LogP contribution in [0.15, 0.2) is 24.3 Å². The zero-order valence-corrected chi connectivity index (χ0v) is 14.2. The fourth-order valence-corrected chi connectivity index (χ4v) is 3.09. The van der Waals surface area contributed by atoms with Gasteiger partial charge in [0.2, 0.25) is 0 Å². The van der Waals surface area contributed by atoms with Crippen LogP contribution in [0.1, 0.15) is 58.8 Å². The van der Waals surface area contributed by atoms with E-state index < -0.39 is 0 Å². The minimum Gasteiger partial charge on any atom is -0.488 e. The van der Waals surface area contributed by atoms with E-state index >= 15 is 0 Å². The largest absolute Gasteiger partial charge is 0.488 e. The Hall–Kier alpha value is -0.630. The van der Waals surface area contributed by atoms with Crippen LogP contribution in [0.25, 0.3) is 0 Å². The lowest BCUT2D eigenvalue weighted by Crippen LogP contribution is -2.22. The van der Waals surface area contributed by atoms with E-state index in [0.717, 1.165) is 5.75 Å². The lowest BCUT2D eigenvalue weighted by molar-refractivity contribution is 0.131.